The molecule has 0 radical (unpaired) electrons. The summed E-state index contributed by atoms with van der Waals surface area (Å²) in [5.41, 5.74) is 3.50. The second-order valence-corrected chi connectivity index (χ2v) is 9.24. The fourth-order valence-electron chi connectivity index (χ4n) is 3.34. The lowest BCUT2D eigenvalue weighted by Gasteiger charge is -2.11. The third-order valence-electron chi connectivity index (χ3n) is 5.00. The molecule has 1 amide bonds. The highest BCUT2D eigenvalue weighted by atomic mass is 79.9. The summed E-state index contributed by atoms with van der Waals surface area (Å²) in [6, 6.07) is 21.5. The number of rotatable bonds is 8. The highest BCUT2D eigenvalue weighted by molar-refractivity contribution is 9.10. The van der Waals surface area contributed by atoms with Crippen molar-refractivity contribution in [3.05, 3.63) is 110 Å². The summed E-state index contributed by atoms with van der Waals surface area (Å²) in [7, 11) is 0. The smallest absolute Gasteiger partial charge is 0.269 e. The number of nitro benzene ring substituents is 1. The first-order valence-corrected chi connectivity index (χ1v) is 12.1. The molecule has 8 nitrogen and oxygen atoms in total. The molecule has 0 aliphatic rings. The number of amides is 1. The number of aryl methyl sites for hydroxylation is 1. The van der Waals surface area contributed by atoms with E-state index in [-0.39, 0.29) is 18.1 Å². The largest absolute Gasteiger partial charge is 0.345 e. The van der Waals surface area contributed by atoms with Gasteiger partial charge in [0.15, 0.2) is 11.0 Å². The number of hydrogen-bond donors (Lipinski definition) is 1. The molecule has 10 heteroatoms. The van der Waals surface area contributed by atoms with Crippen LogP contribution < -0.4 is 5.32 Å². The number of aromatic nitrogens is 3. The van der Waals surface area contributed by atoms with Gasteiger partial charge in [-0.1, -0.05) is 53.7 Å². The van der Waals surface area contributed by atoms with Crippen LogP contribution in [0.5, 0.6) is 0 Å². The molecule has 0 atom stereocenters. The van der Waals surface area contributed by atoms with Gasteiger partial charge in [-0.3, -0.25) is 19.5 Å². The van der Waals surface area contributed by atoms with E-state index in [1.807, 2.05) is 35.8 Å². The second-order valence-electron chi connectivity index (χ2n) is 7.45. The minimum atomic E-state index is -0.442. The number of non-ortho nitro benzene ring substituents is 1. The molecule has 0 fully saturated rings. The van der Waals surface area contributed by atoms with E-state index in [0.29, 0.717) is 32.5 Å². The molecule has 0 saturated carbocycles. The van der Waals surface area contributed by atoms with Gasteiger partial charge in [0.05, 0.1) is 17.0 Å². The number of carbonyl (C=O) groups is 1. The first-order chi connectivity index (χ1) is 16.4. The van der Waals surface area contributed by atoms with Crippen LogP contribution in [-0.4, -0.2) is 25.6 Å². The summed E-state index contributed by atoms with van der Waals surface area (Å²) in [4.78, 5) is 23.3. The van der Waals surface area contributed by atoms with Crippen LogP contribution in [0.1, 0.15) is 27.3 Å². The van der Waals surface area contributed by atoms with Crippen molar-refractivity contribution in [1.29, 1.82) is 0 Å². The Labute approximate surface area is 208 Å². The standard InChI is InChI=1S/C24H20BrN5O3S/c1-16-5-4-6-17(13-16)15-34-24-28-27-22(14-26-23(31)20-7-2-3-8-21(20)25)29(24)18-9-11-19(12-10-18)30(32)33/h2-13H,14-15H2,1H3,(H,26,31). The molecule has 3 aromatic carbocycles. The van der Waals surface area contributed by atoms with Crippen molar-refractivity contribution in [3.63, 3.8) is 0 Å². The van der Waals surface area contributed by atoms with Gasteiger partial charge in [0, 0.05) is 28.0 Å². The van der Waals surface area contributed by atoms with Crippen LogP contribution in [0.15, 0.2) is 82.4 Å². The minimum Gasteiger partial charge on any atom is -0.345 e. The zero-order valence-electron chi connectivity index (χ0n) is 18.1. The summed E-state index contributed by atoms with van der Waals surface area (Å²) < 4.78 is 2.50. The van der Waals surface area contributed by atoms with E-state index in [0.717, 1.165) is 5.56 Å². The van der Waals surface area contributed by atoms with Crippen LogP contribution >= 0.6 is 27.7 Å². The highest BCUT2D eigenvalue weighted by Crippen LogP contribution is 2.27. The molecule has 4 aromatic rings. The second kappa shape index (κ2) is 10.6. The number of nitro groups is 1. The van der Waals surface area contributed by atoms with Gasteiger partial charge >= 0.3 is 0 Å². The fraction of sp³-hybridized carbons (Fsp3) is 0.125. The molecule has 0 unspecified atom stereocenters. The Kier molecular flexibility index (Phi) is 7.39. The Morgan fingerprint density at radius 3 is 2.56 bits per heavy atom. The number of carbonyl (C=O) groups excluding carboxylic acids is 1. The molecule has 34 heavy (non-hydrogen) atoms. The maximum atomic E-state index is 12.7. The monoisotopic (exact) mass is 537 g/mol. The maximum Gasteiger partial charge on any atom is 0.269 e. The summed E-state index contributed by atoms with van der Waals surface area (Å²) in [6.07, 6.45) is 0. The molecule has 0 spiro atoms. The van der Waals surface area contributed by atoms with Crippen LogP contribution in [0.3, 0.4) is 0 Å². The van der Waals surface area contributed by atoms with Gasteiger partial charge in [0.25, 0.3) is 11.6 Å². The van der Waals surface area contributed by atoms with Crippen LogP contribution in [0.25, 0.3) is 5.69 Å². The number of hydrogen-bond acceptors (Lipinski definition) is 6. The predicted octanol–water partition coefficient (Wildman–Crippen LogP) is 5.47. The van der Waals surface area contributed by atoms with Gasteiger partial charge in [-0.2, -0.15) is 0 Å². The zero-order valence-corrected chi connectivity index (χ0v) is 20.5. The minimum absolute atomic E-state index is 0.00503. The van der Waals surface area contributed by atoms with Gasteiger partial charge in [0.2, 0.25) is 0 Å². The van der Waals surface area contributed by atoms with Crippen molar-refractivity contribution >= 4 is 39.3 Å². The van der Waals surface area contributed by atoms with Crippen LogP contribution in [0, 0.1) is 17.0 Å². The van der Waals surface area contributed by atoms with Gasteiger partial charge in [0.1, 0.15) is 0 Å². The molecule has 1 aromatic heterocycles. The predicted molar refractivity (Wildman–Crippen MR) is 134 cm³/mol. The summed E-state index contributed by atoms with van der Waals surface area (Å²) >= 11 is 4.90. The summed E-state index contributed by atoms with van der Waals surface area (Å²) in [5, 5.41) is 23.2. The van der Waals surface area contributed by atoms with Crippen molar-refractivity contribution in [3.8, 4) is 5.69 Å². The molecular formula is C24H20BrN5O3S. The van der Waals surface area contributed by atoms with Crippen molar-refractivity contribution in [2.45, 2.75) is 24.4 Å². The number of nitrogens with zero attached hydrogens (tertiary/aromatic N) is 4. The Morgan fingerprint density at radius 2 is 1.85 bits per heavy atom. The highest BCUT2D eigenvalue weighted by Gasteiger charge is 2.18. The van der Waals surface area contributed by atoms with Gasteiger partial charge in [-0.05, 0) is 52.7 Å². The van der Waals surface area contributed by atoms with Gasteiger partial charge in [-0.25, -0.2) is 0 Å². The van der Waals surface area contributed by atoms with Crippen LogP contribution in [0.2, 0.25) is 0 Å². The number of halogens is 1. The van der Waals surface area contributed by atoms with Crippen molar-refractivity contribution in [2.75, 3.05) is 0 Å². The molecule has 0 aliphatic heterocycles. The Bertz CT molecular complexity index is 1340. The van der Waals surface area contributed by atoms with E-state index in [9.17, 15) is 14.9 Å². The summed E-state index contributed by atoms with van der Waals surface area (Å²) in [6.45, 7) is 2.18. The maximum absolute atomic E-state index is 12.7. The molecule has 1 N–H and O–H groups in total. The topological polar surface area (TPSA) is 103 Å². The molecule has 0 saturated heterocycles. The molecule has 0 bridgehead atoms. The van der Waals surface area contributed by atoms with E-state index >= 15 is 0 Å². The van der Waals surface area contributed by atoms with Crippen molar-refractivity contribution in [1.82, 2.24) is 20.1 Å². The Hall–Kier alpha value is -3.50. The van der Waals surface area contributed by atoms with Gasteiger partial charge < -0.3 is 5.32 Å². The Morgan fingerprint density at radius 1 is 1.09 bits per heavy atom. The van der Waals surface area contributed by atoms with E-state index in [1.165, 1.54) is 29.5 Å². The SMILES string of the molecule is Cc1cccc(CSc2nnc(CNC(=O)c3ccccc3Br)n2-c2ccc([N+](=O)[O-])cc2)c1. The number of thioether (sulfide) groups is 1. The van der Waals surface area contributed by atoms with E-state index in [4.69, 9.17) is 0 Å². The fourth-order valence-corrected chi connectivity index (χ4v) is 4.72. The number of benzene rings is 3. The molecular weight excluding hydrogens is 518 g/mol. The zero-order chi connectivity index (χ0) is 24.1. The molecule has 0 aliphatic carbocycles. The molecule has 172 valence electrons. The lowest BCUT2D eigenvalue weighted by atomic mass is 10.2. The Balaban J connectivity index is 1.60. The quantitative estimate of drug-likeness (QED) is 0.181. The van der Waals surface area contributed by atoms with E-state index < -0.39 is 4.92 Å². The number of nitrogens with one attached hydrogen (secondary N) is 1. The first kappa shape index (κ1) is 23.7. The van der Waals surface area contributed by atoms with Crippen molar-refractivity contribution < 1.29 is 9.72 Å². The first-order valence-electron chi connectivity index (χ1n) is 10.3. The van der Waals surface area contributed by atoms with Crippen LogP contribution in [-0.2, 0) is 12.3 Å². The third kappa shape index (κ3) is 5.52. The average molecular weight is 538 g/mol. The normalized spacial score (nSPS) is 10.8. The lowest BCUT2D eigenvalue weighted by molar-refractivity contribution is -0.384. The summed E-state index contributed by atoms with van der Waals surface area (Å²) in [5.74, 6) is 0.941. The van der Waals surface area contributed by atoms with Crippen molar-refractivity contribution in [2.24, 2.45) is 0 Å². The van der Waals surface area contributed by atoms with E-state index in [2.05, 4.69) is 37.5 Å². The third-order valence-corrected chi connectivity index (χ3v) is 6.69. The lowest BCUT2D eigenvalue weighted by Crippen LogP contribution is -2.25. The van der Waals surface area contributed by atoms with Gasteiger partial charge in [-0.15, -0.1) is 10.2 Å². The average Bonchev–Trinajstić information content (AvgIpc) is 3.24. The van der Waals surface area contributed by atoms with Crippen LogP contribution in [0.4, 0.5) is 5.69 Å². The molecule has 4 rings (SSSR count). The van der Waals surface area contributed by atoms with E-state index in [1.54, 1.807) is 30.3 Å². The molecule has 1 heterocycles.